The van der Waals surface area contributed by atoms with Gasteiger partial charge in [0, 0.05) is 6.42 Å². The lowest BCUT2D eigenvalue weighted by Gasteiger charge is -2.19. The molecule has 25 heavy (non-hydrogen) atoms. The summed E-state index contributed by atoms with van der Waals surface area (Å²) >= 11 is 0. The van der Waals surface area contributed by atoms with Crippen molar-refractivity contribution in [1.82, 2.24) is 4.90 Å². The number of ether oxygens (including phenoxy) is 1. The summed E-state index contributed by atoms with van der Waals surface area (Å²) < 4.78 is 5.07. The molecule has 0 aromatic heterocycles. The van der Waals surface area contributed by atoms with Crippen molar-refractivity contribution in [2.24, 2.45) is 5.92 Å². The lowest BCUT2D eigenvalue weighted by atomic mass is 10.1. The zero-order valence-corrected chi connectivity index (χ0v) is 15.6. The van der Waals surface area contributed by atoms with Crippen LogP contribution in [0, 0.1) is 5.92 Å². The summed E-state index contributed by atoms with van der Waals surface area (Å²) in [6.45, 7) is 4.71. The van der Waals surface area contributed by atoms with Crippen molar-refractivity contribution in [3.8, 4) is 0 Å². The van der Waals surface area contributed by atoms with Crippen LogP contribution in [0.1, 0.15) is 64.4 Å². The Kier molecular flexibility index (Phi) is 7.96. The van der Waals surface area contributed by atoms with Gasteiger partial charge in [-0.05, 0) is 24.3 Å². The number of amides is 2. The van der Waals surface area contributed by atoms with Crippen LogP contribution in [-0.4, -0.2) is 29.5 Å². The fourth-order valence-electron chi connectivity index (χ4n) is 2.79. The summed E-state index contributed by atoms with van der Waals surface area (Å²) in [4.78, 5) is 25.4. The molecule has 1 aliphatic heterocycles. The van der Waals surface area contributed by atoms with Gasteiger partial charge < -0.3 is 4.74 Å². The van der Waals surface area contributed by atoms with Gasteiger partial charge in [0.1, 0.15) is 6.61 Å². The molecule has 0 N–H and O–H groups in total. The van der Waals surface area contributed by atoms with Gasteiger partial charge >= 0.3 is 6.09 Å². The van der Waals surface area contributed by atoms with Crippen molar-refractivity contribution < 1.29 is 14.3 Å². The molecule has 1 saturated heterocycles. The smallest absolute Gasteiger partial charge is 0.416 e. The minimum atomic E-state index is -0.489. The third-order valence-electron chi connectivity index (χ3n) is 4.65. The molecule has 1 aromatic carbocycles. The standard InChI is InChI=1S/C17H23NO3.C4H8/c1-2-3-4-8-11-16(19)18-15(13-21-17(18)20)12-14-9-6-5-7-10-14;1-4-2-3-4/h5-7,9-10,15H,2-4,8,11-13H2,1H3;4H,2-3H2,1H3. The maximum absolute atomic E-state index is 12.2. The first-order chi connectivity index (χ1) is 12.1. The second-order valence-corrected chi connectivity index (χ2v) is 7.18. The number of carbonyl (C=O) groups excluding carboxylic acids is 2. The second-order valence-electron chi connectivity index (χ2n) is 7.18. The molecule has 2 amide bonds. The first-order valence-electron chi connectivity index (χ1n) is 9.64. The van der Waals surface area contributed by atoms with Gasteiger partial charge in [-0.3, -0.25) is 4.79 Å². The normalized spacial score (nSPS) is 19.2. The molecule has 0 spiro atoms. The van der Waals surface area contributed by atoms with Crippen molar-refractivity contribution in [2.45, 2.75) is 71.3 Å². The van der Waals surface area contributed by atoms with Crippen LogP contribution in [0.5, 0.6) is 0 Å². The van der Waals surface area contributed by atoms with Crippen molar-refractivity contribution in [3.05, 3.63) is 35.9 Å². The Hall–Kier alpha value is -1.84. The number of imide groups is 1. The van der Waals surface area contributed by atoms with Gasteiger partial charge in [0.2, 0.25) is 5.91 Å². The fraction of sp³-hybridized carbons (Fsp3) is 0.619. The van der Waals surface area contributed by atoms with E-state index in [1.54, 1.807) is 0 Å². The van der Waals surface area contributed by atoms with Crippen molar-refractivity contribution in [1.29, 1.82) is 0 Å². The van der Waals surface area contributed by atoms with E-state index >= 15 is 0 Å². The molecule has 0 bridgehead atoms. The van der Waals surface area contributed by atoms with E-state index in [1.807, 2.05) is 30.3 Å². The van der Waals surface area contributed by atoms with Crippen LogP contribution in [0.3, 0.4) is 0 Å². The van der Waals surface area contributed by atoms with Crippen LogP contribution in [0.15, 0.2) is 30.3 Å². The molecule has 1 aromatic rings. The number of carbonyl (C=O) groups is 2. The van der Waals surface area contributed by atoms with Gasteiger partial charge in [-0.15, -0.1) is 0 Å². The lowest BCUT2D eigenvalue weighted by Crippen LogP contribution is -2.40. The summed E-state index contributed by atoms with van der Waals surface area (Å²) in [5, 5.41) is 0. The predicted octanol–water partition coefficient (Wildman–Crippen LogP) is 4.96. The molecule has 4 nitrogen and oxygen atoms in total. The minimum absolute atomic E-state index is 0.102. The highest BCUT2D eigenvalue weighted by Gasteiger charge is 2.37. The molecule has 0 radical (unpaired) electrons. The molecule has 2 fully saturated rings. The van der Waals surface area contributed by atoms with E-state index in [1.165, 1.54) is 17.7 Å². The summed E-state index contributed by atoms with van der Waals surface area (Å²) in [7, 11) is 0. The van der Waals surface area contributed by atoms with E-state index in [0.717, 1.165) is 37.2 Å². The maximum Gasteiger partial charge on any atom is 0.416 e. The zero-order valence-electron chi connectivity index (χ0n) is 15.6. The van der Waals surface area contributed by atoms with E-state index in [0.29, 0.717) is 19.4 Å². The van der Waals surface area contributed by atoms with Crippen LogP contribution >= 0.6 is 0 Å². The third-order valence-corrected chi connectivity index (χ3v) is 4.65. The number of unbranched alkanes of at least 4 members (excludes halogenated alkanes) is 3. The summed E-state index contributed by atoms with van der Waals surface area (Å²) in [5.74, 6) is 0.981. The highest BCUT2D eigenvalue weighted by Crippen LogP contribution is 2.26. The number of hydrogen-bond acceptors (Lipinski definition) is 3. The minimum Gasteiger partial charge on any atom is -0.447 e. The van der Waals surface area contributed by atoms with Crippen molar-refractivity contribution >= 4 is 12.0 Å². The molecule has 1 saturated carbocycles. The maximum atomic E-state index is 12.2. The number of hydrogen-bond donors (Lipinski definition) is 0. The highest BCUT2D eigenvalue weighted by atomic mass is 16.6. The van der Waals surface area contributed by atoms with Crippen LogP contribution in [0.4, 0.5) is 4.79 Å². The Morgan fingerprint density at radius 1 is 1.16 bits per heavy atom. The Bertz CT molecular complexity index is 539. The van der Waals surface area contributed by atoms with Gasteiger partial charge in [0.15, 0.2) is 0 Å². The first kappa shape index (κ1) is 19.5. The van der Waals surface area contributed by atoms with Crippen LogP contribution in [-0.2, 0) is 16.0 Å². The molecule has 2 aliphatic rings. The van der Waals surface area contributed by atoms with E-state index in [2.05, 4.69) is 13.8 Å². The lowest BCUT2D eigenvalue weighted by molar-refractivity contribution is -0.129. The molecule has 4 heteroatoms. The molecular formula is C21H31NO3. The zero-order chi connectivity index (χ0) is 18.1. The number of cyclic esters (lactones) is 1. The molecule has 138 valence electrons. The number of benzene rings is 1. The predicted molar refractivity (Wildman–Crippen MR) is 99.3 cm³/mol. The molecule has 1 unspecified atom stereocenters. The van der Waals surface area contributed by atoms with Gasteiger partial charge in [0.05, 0.1) is 6.04 Å². The monoisotopic (exact) mass is 345 g/mol. The van der Waals surface area contributed by atoms with Crippen LogP contribution in [0.2, 0.25) is 0 Å². The Morgan fingerprint density at radius 2 is 1.84 bits per heavy atom. The van der Waals surface area contributed by atoms with Crippen molar-refractivity contribution in [2.75, 3.05) is 6.61 Å². The van der Waals surface area contributed by atoms with E-state index in [9.17, 15) is 9.59 Å². The number of nitrogens with zero attached hydrogens (tertiary/aromatic N) is 1. The quantitative estimate of drug-likeness (QED) is 0.656. The Balaban J connectivity index is 0.000000493. The van der Waals surface area contributed by atoms with E-state index in [-0.39, 0.29) is 11.9 Å². The SMILES string of the molecule is CC1CC1.CCCCCCC(=O)N1C(=O)OCC1Cc1ccccc1. The first-order valence-corrected chi connectivity index (χ1v) is 9.64. The van der Waals surface area contributed by atoms with Gasteiger partial charge in [-0.2, -0.15) is 0 Å². The fourth-order valence-corrected chi connectivity index (χ4v) is 2.79. The molecule has 1 atom stereocenters. The van der Waals surface area contributed by atoms with E-state index in [4.69, 9.17) is 4.74 Å². The largest absolute Gasteiger partial charge is 0.447 e. The third kappa shape index (κ3) is 6.89. The average molecular weight is 345 g/mol. The number of rotatable bonds is 7. The Labute approximate surface area is 151 Å². The second kappa shape index (κ2) is 10.2. The average Bonchev–Trinajstić information content (AvgIpc) is 3.31. The Morgan fingerprint density at radius 3 is 2.44 bits per heavy atom. The molecule has 1 heterocycles. The van der Waals surface area contributed by atoms with Crippen LogP contribution < -0.4 is 0 Å². The van der Waals surface area contributed by atoms with Crippen molar-refractivity contribution in [3.63, 3.8) is 0 Å². The van der Waals surface area contributed by atoms with Gasteiger partial charge in [-0.1, -0.05) is 76.3 Å². The summed E-state index contributed by atoms with van der Waals surface area (Å²) in [6, 6.07) is 9.72. The summed E-state index contributed by atoms with van der Waals surface area (Å²) in [5.41, 5.74) is 1.12. The highest BCUT2D eigenvalue weighted by molar-refractivity contribution is 5.93. The molecular weight excluding hydrogens is 314 g/mol. The van der Waals surface area contributed by atoms with Crippen LogP contribution in [0.25, 0.3) is 0 Å². The molecule has 3 rings (SSSR count). The summed E-state index contributed by atoms with van der Waals surface area (Å²) in [6.07, 6.45) is 7.72. The van der Waals surface area contributed by atoms with Gasteiger partial charge in [-0.25, -0.2) is 9.69 Å². The van der Waals surface area contributed by atoms with Gasteiger partial charge in [0.25, 0.3) is 0 Å². The van der Waals surface area contributed by atoms with E-state index < -0.39 is 6.09 Å². The topological polar surface area (TPSA) is 46.6 Å². The molecule has 1 aliphatic carbocycles.